The molecule has 0 aromatic heterocycles. The first kappa shape index (κ1) is 19.1. The summed E-state index contributed by atoms with van der Waals surface area (Å²) in [5.74, 6) is 1.78. The molecule has 1 amide bonds. The molecule has 1 N–H and O–H groups in total. The molecule has 134 valence electrons. The zero-order valence-electron chi connectivity index (χ0n) is 14.6. The highest BCUT2D eigenvalue weighted by Gasteiger charge is 2.15. The molecule has 0 aliphatic carbocycles. The van der Waals surface area contributed by atoms with E-state index in [0.717, 1.165) is 17.7 Å². The zero-order chi connectivity index (χ0) is 18.2. The number of carbonyl (C=O) groups is 1. The van der Waals surface area contributed by atoms with Gasteiger partial charge in [0.25, 0.3) is 5.91 Å². The van der Waals surface area contributed by atoms with Crippen LogP contribution in [0, 0.1) is 0 Å². The monoisotopic (exact) mass is 407 g/mol. The van der Waals surface area contributed by atoms with Crippen LogP contribution in [-0.4, -0.2) is 33.3 Å². The Balaban J connectivity index is 1.99. The summed E-state index contributed by atoms with van der Waals surface area (Å²) in [4.78, 5) is 12.4. The third-order valence-corrected chi connectivity index (χ3v) is 4.23. The van der Waals surface area contributed by atoms with Crippen LogP contribution in [0.1, 0.15) is 22.8 Å². The fraction of sp³-hybridized carbons (Fsp3) is 0.316. The van der Waals surface area contributed by atoms with Gasteiger partial charge in [0, 0.05) is 12.1 Å². The van der Waals surface area contributed by atoms with Crippen molar-refractivity contribution >= 4 is 21.8 Å². The van der Waals surface area contributed by atoms with E-state index >= 15 is 0 Å². The first-order chi connectivity index (χ1) is 12.1. The number of ether oxygens (including phenoxy) is 3. The molecular weight excluding hydrogens is 386 g/mol. The summed E-state index contributed by atoms with van der Waals surface area (Å²) in [5, 5.41) is 2.92. The molecule has 6 heteroatoms. The molecule has 0 bridgehead atoms. The number of nitrogens with one attached hydrogen (secondary N) is 1. The maximum atomic E-state index is 12.4. The molecule has 2 aromatic carbocycles. The lowest BCUT2D eigenvalue weighted by Gasteiger charge is -2.13. The molecule has 0 atom stereocenters. The van der Waals surface area contributed by atoms with Gasteiger partial charge in [-0.3, -0.25) is 4.79 Å². The van der Waals surface area contributed by atoms with E-state index in [-0.39, 0.29) is 5.91 Å². The van der Waals surface area contributed by atoms with Gasteiger partial charge in [0.15, 0.2) is 11.5 Å². The zero-order valence-corrected chi connectivity index (χ0v) is 16.2. The third-order valence-electron chi connectivity index (χ3n) is 3.64. The largest absolute Gasteiger partial charge is 0.497 e. The van der Waals surface area contributed by atoms with Crippen molar-refractivity contribution in [3.63, 3.8) is 0 Å². The summed E-state index contributed by atoms with van der Waals surface area (Å²) in [6.45, 7) is 2.95. The minimum absolute atomic E-state index is 0.157. The third kappa shape index (κ3) is 5.13. The van der Waals surface area contributed by atoms with Crippen LogP contribution in [0.3, 0.4) is 0 Å². The maximum absolute atomic E-state index is 12.4. The summed E-state index contributed by atoms with van der Waals surface area (Å²) in [6, 6.07) is 11.2. The molecule has 0 spiro atoms. The van der Waals surface area contributed by atoms with E-state index in [1.165, 1.54) is 0 Å². The van der Waals surface area contributed by atoms with Crippen LogP contribution >= 0.6 is 15.9 Å². The van der Waals surface area contributed by atoms with E-state index in [0.29, 0.717) is 34.7 Å². The second-order valence-corrected chi connectivity index (χ2v) is 6.13. The van der Waals surface area contributed by atoms with Gasteiger partial charge in [-0.1, -0.05) is 12.1 Å². The summed E-state index contributed by atoms with van der Waals surface area (Å²) in [5.41, 5.74) is 1.65. The topological polar surface area (TPSA) is 56.8 Å². The van der Waals surface area contributed by atoms with E-state index in [1.807, 2.05) is 31.2 Å². The molecule has 0 fully saturated rings. The fourth-order valence-corrected chi connectivity index (χ4v) is 2.91. The molecule has 2 aromatic rings. The van der Waals surface area contributed by atoms with Crippen LogP contribution in [0.15, 0.2) is 40.9 Å². The van der Waals surface area contributed by atoms with E-state index < -0.39 is 0 Å². The van der Waals surface area contributed by atoms with Crippen molar-refractivity contribution in [3.8, 4) is 17.2 Å². The van der Waals surface area contributed by atoms with Gasteiger partial charge in [0.1, 0.15) is 5.75 Å². The highest BCUT2D eigenvalue weighted by atomic mass is 79.9. The number of rotatable bonds is 8. The van der Waals surface area contributed by atoms with Crippen molar-refractivity contribution in [2.75, 3.05) is 27.4 Å². The summed E-state index contributed by atoms with van der Waals surface area (Å²) in [6.07, 6.45) is 0.741. The van der Waals surface area contributed by atoms with Crippen molar-refractivity contribution in [3.05, 3.63) is 52.0 Å². The minimum Gasteiger partial charge on any atom is -0.497 e. The van der Waals surface area contributed by atoms with E-state index in [2.05, 4.69) is 21.2 Å². The van der Waals surface area contributed by atoms with Crippen LogP contribution < -0.4 is 19.5 Å². The van der Waals surface area contributed by atoms with Crippen LogP contribution in [0.4, 0.5) is 0 Å². The maximum Gasteiger partial charge on any atom is 0.251 e. The van der Waals surface area contributed by atoms with Crippen LogP contribution in [-0.2, 0) is 6.42 Å². The smallest absolute Gasteiger partial charge is 0.251 e. The molecule has 25 heavy (non-hydrogen) atoms. The van der Waals surface area contributed by atoms with Gasteiger partial charge in [-0.15, -0.1) is 0 Å². The highest BCUT2D eigenvalue weighted by molar-refractivity contribution is 9.10. The van der Waals surface area contributed by atoms with Crippen LogP contribution in [0.25, 0.3) is 0 Å². The van der Waals surface area contributed by atoms with Crippen molar-refractivity contribution in [1.82, 2.24) is 5.32 Å². The first-order valence-corrected chi connectivity index (χ1v) is 8.79. The Labute approximate surface area is 156 Å². The average Bonchev–Trinajstić information content (AvgIpc) is 2.63. The van der Waals surface area contributed by atoms with E-state index in [1.54, 1.807) is 26.4 Å². The molecule has 0 aliphatic heterocycles. The molecule has 0 heterocycles. The number of benzene rings is 2. The molecule has 0 unspecified atom stereocenters. The number of amides is 1. The number of methoxy groups -OCH3 is 2. The average molecular weight is 408 g/mol. The van der Waals surface area contributed by atoms with Crippen molar-refractivity contribution in [1.29, 1.82) is 0 Å². The molecule has 0 saturated heterocycles. The van der Waals surface area contributed by atoms with Gasteiger partial charge in [-0.05, 0) is 59.1 Å². The standard InChI is InChI=1S/C19H22BrNO4/c1-4-25-18-16(20)11-14(12-17(18)24-3)19(22)21-10-9-13-5-7-15(23-2)8-6-13/h5-8,11-12H,4,9-10H2,1-3H3,(H,21,22). The Bertz CT molecular complexity index is 716. The lowest BCUT2D eigenvalue weighted by atomic mass is 10.1. The molecule has 0 aliphatic rings. The second-order valence-electron chi connectivity index (χ2n) is 5.28. The number of hydrogen-bond acceptors (Lipinski definition) is 4. The fourth-order valence-electron chi connectivity index (χ4n) is 2.35. The van der Waals surface area contributed by atoms with Crippen molar-refractivity contribution < 1.29 is 19.0 Å². The van der Waals surface area contributed by atoms with Gasteiger partial charge >= 0.3 is 0 Å². The predicted molar refractivity (Wildman–Crippen MR) is 101 cm³/mol. The van der Waals surface area contributed by atoms with Crippen LogP contribution in [0.5, 0.6) is 17.2 Å². The molecule has 5 nitrogen and oxygen atoms in total. The molecule has 0 saturated carbocycles. The number of halogens is 1. The highest BCUT2D eigenvalue weighted by Crippen LogP contribution is 2.36. The first-order valence-electron chi connectivity index (χ1n) is 8.00. The van der Waals surface area contributed by atoms with E-state index in [9.17, 15) is 4.79 Å². The lowest BCUT2D eigenvalue weighted by Crippen LogP contribution is -2.25. The number of hydrogen-bond donors (Lipinski definition) is 1. The Hall–Kier alpha value is -2.21. The van der Waals surface area contributed by atoms with Gasteiger partial charge in [0.2, 0.25) is 0 Å². The normalized spacial score (nSPS) is 10.2. The summed E-state index contributed by atoms with van der Waals surface area (Å²) < 4.78 is 16.7. The summed E-state index contributed by atoms with van der Waals surface area (Å²) >= 11 is 3.43. The van der Waals surface area contributed by atoms with Crippen molar-refractivity contribution in [2.45, 2.75) is 13.3 Å². The van der Waals surface area contributed by atoms with Gasteiger partial charge < -0.3 is 19.5 Å². The predicted octanol–water partition coefficient (Wildman–Crippen LogP) is 3.84. The molecular formula is C19H22BrNO4. The SMILES string of the molecule is CCOc1c(Br)cc(C(=O)NCCc2ccc(OC)cc2)cc1OC. The Kier molecular flexibility index (Phi) is 7.13. The quantitative estimate of drug-likeness (QED) is 0.721. The van der Waals surface area contributed by atoms with Gasteiger partial charge in [-0.25, -0.2) is 0 Å². The number of carbonyl (C=O) groups excluding carboxylic acids is 1. The van der Waals surface area contributed by atoms with Gasteiger partial charge in [0.05, 0.1) is 25.3 Å². The molecule has 0 radical (unpaired) electrons. The second kappa shape index (κ2) is 9.32. The van der Waals surface area contributed by atoms with Crippen molar-refractivity contribution in [2.24, 2.45) is 0 Å². The molecule has 2 rings (SSSR count). The Morgan fingerprint density at radius 1 is 1.12 bits per heavy atom. The Morgan fingerprint density at radius 2 is 1.84 bits per heavy atom. The minimum atomic E-state index is -0.157. The van der Waals surface area contributed by atoms with Crippen LogP contribution in [0.2, 0.25) is 0 Å². The Morgan fingerprint density at radius 3 is 2.44 bits per heavy atom. The van der Waals surface area contributed by atoms with E-state index in [4.69, 9.17) is 14.2 Å². The summed E-state index contributed by atoms with van der Waals surface area (Å²) in [7, 11) is 3.19. The van der Waals surface area contributed by atoms with Gasteiger partial charge in [-0.2, -0.15) is 0 Å². The lowest BCUT2D eigenvalue weighted by molar-refractivity contribution is 0.0953.